The molecule has 65 heavy (non-hydrogen) atoms. The summed E-state index contributed by atoms with van der Waals surface area (Å²) in [6, 6.07) is 10.3. The van der Waals surface area contributed by atoms with Crippen molar-refractivity contribution >= 4 is 30.6 Å². The van der Waals surface area contributed by atoms with Gasteiger partial charge in [0.05, 0.1) is 29.8 Å². The van der Waals surface area contributed by atoms with E-state index >= 15 is 0 Å². The predicted octanol–water partition coefficient (Wildman–Crippen LogP) is 7.77. The first-order valence-electron chi connectivity index (χ1n) is 24.9. The van der Waals surface area contributed by atoms with Crippen molar-refractivity contribution in [3.05, 3.63) is 30.3 Å². The van der Waals surface area contributed by atoms with Crippen molar-refractivity contribution in [1.29, 1.82) is 0 Å². The minimum absolute atomic E-state index is 0.101. The van der Waals surface area contributed by atoms with E-state index in [9.17, 15) is 24.6 Å². The van der Waals surface area contributed by atoms with Gasteiger partial charge in [-0.1, -0.05) is 27.7 Å². The minimum atomic E-state index is -1.75. The van der Waals surface area contributed by atoms with E-state index in [1.165, 1.54) is 50.5 Å². The van der Waals surface area contributed by atoms with E-state index in [0.717, 1.165) is 19.3 Å². The first kappa shape index (κ1) is 56.9. The Morgan fingerprint density at radius 1 is 0.908 bits per heavy atom. The number of carbonyl (C=O) groups is 3. The quantitative estimate of drug-likeness (QED) is 0.0570. The topological polar surface area (TPSA) is 156 Å². The van der Waals surface area contributed by atoms with E-state index in [0.29, 0.717) is 25.9 Å². The number of likely N-dealkylation sites (N-methyl/N-ethyl adjacent to an activating group) is 2. The smallest absolute Gasteiger partial charge is 0.137 e. The number of hydrogen-bond donors (Lipinski definition) is 3. The Morgan fingerprint density at radius 2 is 1.51 bits per heavy atom. The van der Waals surface area contributed by atoms with Gasteiger partial charge in [0.15, 0.2) is 18.5 Å². The molecular weight excluding hydrogens is 846 g/mol. The summed E-state index contributed by atoms with van der Waals surface area (Å²) in [5.41, 5.74) is -3.16. The Kier molecular flexibility index (Phi) is 23.1. The number of hydrogen-bond acceptors (Lipinski definition) is 12. The number of nitrogens with zero attached hydrogens (tertiary/aromatic N) is 2. The summed E-state index contributed by atoms with van der Waals surface area (Å²) in [4.78, 5) is 43.8. The summed E-state index contributed by atoms with van der Waals surface area (Å²) in [5.74, 6) is -2.10. The fraction of sp³-hybridized carbons (Fsp3) is 0.824. The number of cyclic esters (lactones) is 1. The monoisotopic (exact) mass is 938 g/mol. The van der Waals surface area contributed by atoms with Crippen LogP contribution in [0, 0.1) is 17.8 Å². The normalized spacial score (nSPS) is 33.9. The van der Waals surface area contributed by atoms with E-state index in [2.05, 4.69) is 49.0 Å². The maximum atomic E-state index is 13.9. The Morgan fingerprint density at radius 3 is 2.09 bits per heavy atom. The molecule has 1 amide bonds. The number of benzene rings is 1. The third kappa shape index (κ3) is 17.6. The van der Waals surface area contributed by atoms with Crippen LogP contribution in [0.25, 0.3) is 0 Å². The van der Waals surface area contributed by atoms with Crippen LogP contribution in [0.4, 0.5) is 4.79 Å². The molecule has 3 rings (SSSR count). The van der Waals surface area contributed by atoms with Crippen molar-refractivity contribution in [1.82, 2.24) is 15.1 Å². The van der Waals surface area contributed by atoms with Crippen LogP contribution >= 0.6 is 7.26 Å². The van der Waals surface area contributed by atoms with Crippen LogP contribution in [0.2, 0.25) is 0 Å². The molecule has 0 saturated carbocycles. The van der Waals surface area contributed by atoms with E-state index in [4.69, 9.17) is 23.7 Å². The number of aliphatic hydroxyl groups is 2. The Balaban J connectivity index is 1.67. The van der Waals surface area contributed by atoms with Crippen LogP contribution in [0.15, 0.2) is 30.3 Å². The van der Waals surface area contributed by atoms with E-state index in [-0.39, 0.29) is 36.8 Å². The van der Waals surface area contributed by atoms with Gasteiger partial charge in [-0.05, 0) is 86.4 Å². The van der Waals surface area contributed by atoms with Crippen LogP contribution in [0.1, 0.15) is 139 Å². The molecule has 2 aliphatic heterocycles. The summed E-state index contributed by atoms with van der Waals surface area (Å²) < 4.78 is 31.2. The molecule has 0 radical (unpaired) electrons. The Hall–Kier alpha value is -2.38. The van der Waals surface area contributed by atoms with Gasteiger partial charge in [0, 0.05) is 19.5 Å². The molecular formula is C51H92N3O10P. The number of unbranched alkanes of at least 4 members (excludes halogenated alkanes) is 7. The molecule has 0 aromatic heterocycles. The molecule has 2 heterocycles. The van der Waals surface area contributed by atoms with E-state index < -0.39 is 79.2 Å². The largest absolute Gasteiger partial charge is 0.382 e. The molecule has 2 fully saturated rings. The van der Waals surface area contributed by atoms with Gasteiger partial charge in [-0.3, -0.25) is 14.5 Å². The average molecular weight is 938 g/mol. The van der Waals surface area contributed by atoms with Gasteiger partial charge < -0.3 is 38.8 Å². The van der Waals surface area contributed by atoms with Crippen LogP contribution in [-0.4, -0.2) is 152 Å². The standard InChI is InChI=1S/C51H92N3O10P/c1-15-43-51(9,59)46(64-49(57)52-29-25-20-18-16-17-19-21-26-30-65(13,14)41-27-23-22-24-28-41)39(6)54(12)34-35(2)33-50(8,58)45(36(3)31-37(4)47(56)62-43)63-48-44(61-40(7)55)42(53(10)11)32-38(5)60-48/h22-24,27-28,35-39,42-46,48,58-59,65H,15-21,25-26,29-34H2,1-14H3,(H,52,57)/t35-,36+,37-,38-,39-,42+,43-,44-,45-,46-,48+,50-,51-/m1/s1. The summed E-state index contributed by atoms with van der Waals surface area (Å²) >= 11 is 0. The van der Waals surface area contributed by atoms with Gasteiger partial charge in [-0.25, -0.2) is 4.79 Å². The van der Waals surface area contributed by atoms with Crippen LogP contribution in [-0.2, 0) is 33.3 Å². The Bertz CT molecular complexity index is 1580. The van der Waals surface area contributed by atoms with Gasteiger partial charge in [0.2, 0.25) is 0 Å². The molecule has 14 heteroatoms. The molecule has 13 atom stereocenters. The second-order valence-electron chi connectivity index (χ2n) is 21.3. The average Bonchev–Trinajstić information content (AvgIpc) is 3.22. The van der Waals surface area contributed by atoms with Crippen molar-refractivity contribution in [3.63, 3.8) is 0 Å². The number of rotatable bonds is 18. The zero-order valence-electron chi connectivity index (χ0n) is 42.9. The van der Waals surface area contributed by atoms with Gasteiger partial charge in [-0.2, -0.15) is 0 Å². The number of ether oxygens (including phenoxy) is 5. The maximum Gasteiger partial charge on any atom is 0.137 e. The van der Waals surface area contributed by atoms with Crippen LogP contribution in [0.3, 0.4) is 0 Å². The molecule has 3 N–H and O–H groups in total. The van der Waals surface area contributed by atoms with Gasteiger partial charge in [0.25, 0.3) is 0 Å². The maximum absolute atomic E-state index is 13.9. The summed E-state index contributed by atoms with van der Waals surface area (Å²) in [6.45, 7) is 22.0. The fourth-order valence-corrected chi connectivity index (χ4v) is 13.0. The molecule has 2 saturated heterocycles. The zero-order chi connectivity index (χ0) is 48.7. The van der Waals surface area contributed by atoms with E-state index in [1.54, 1.807) is 20.8 Å². The molecule has 376 valence electrons. The molecule has 13 nitrogen and oxygen atoms in total. The van der Waals surface area contributed by atoms with Crippen molar-refractivity contribution < 1.29 is 48.3 Å². The number of nitrogens with one attached hydrogen (secondary N) is 1. The Labute approximate surface area is 394 Å². The molecule has 0 aliphatic carbocycles. The summed E-state index contributed by atoms with van der Waals surface area (Å²) in [7, 11) is 4.38. The predicted molar refractivity (Wildman–Crippen MR) is 263 cm³/mol. The SMILES string of the molecule is CC[C@H]1OC(=O)[C@H](C)C[C@H](C)[C@@H](O[C@@H]2O[C@H](C)C[C@H](N(C)C)[C@H]2OC(C)=O)[C@](C)(O)C[C@@H](C)CN(C)[C@H](C)[C@@H](OC(=O)NCCCCCCCCCC[PH](C)(C)c2ccccc2)[C@]1(C)O. The third-order valence-electron chi connectivity index (χ3n) is 14.2. The molecule has 2 aliphatic rings. The van der Waals surface area contributed by atoms with Crippen molar-refractivity contribution in [2.45, 2.75) is 199 Å². The number of amides is 1. The van der Waals surface area contributed by atoms with Crippen LogP contribution in [0.5, 0.6) is 0 Å². The molecule has 1 aromatic carbocycles. The number of carbonyl (C=O) groups excluding carboxylic acids is 3. The van der Waals surface area contributed by atoms with Crippen LogP contribution < -0.4 is 10.6 Å². The summed E-state index contributed by atoms with van der Waals surface area (Å²) in [6.07, 6.45) is 6.54. The van der Waals surface area contributed by atoms with Gasteiger partial charge >= 0.3 is 144 Å². The van der Waals surface area contributed by atoms with Crippen molar-refractivity contribution in [2.75, 3.05) is 53.7 Å². The minimum Gasteiger partial charge on any atom is -0.382 e. The molecule has 1 aromatic rings. The molecule has 0 unspecified atom stereocenters. The second-order valence-corrected chi connectivity index (χ2v) is 26.2. The fourth-order valence-electron chi connectivity index (χ4n) is 10.4. The number of esters is 2. The first-order valence-corrected chi connectivity index (χ1v) is 28.1. The van der Waals surface area contributed by atoms with Crippen molar-refractivity contribution in [2.24, 2.45) is 17.8 Å². The second kappa shape index (κ2) is 26.4. The van der Waals surface area contributed by atoms with Gasteiger partial charge in [-0.15, -0.1) is 0 Å². The zero-order valence-corrected chi connectivity index (χ0v) is 43.9. The van der Waals surface area contributed by atoms with Crippen molar-refractivity contribution in [3.8, 4) is 0 Å². The molecule has 0 bridgehead atoms. The van der Waals surface area contributed by atoms with E-state index in [1.807, 2.05) is 65.6 Å². The molecule has 0 spiro atoms. The van der Waals surface area contributed by atoms with Gasteiger partial charge in [0.1, 0.15) is 11.7 Å². The summed E-state index contributed by atoms with van der Waals surface area (Å²) in [5, 5.41) is 29.2. The first-order chi connectivity index (χ1) is 30.4. The number of alkyl carbamates (subject to hydrolysis) is 1. The third-order valence-corrected chi connectivity index (χ3v) is 17.7.